The minimum absolute atomic E-state index is 0.143. The standard InChI is InChI=1S/C12H25N3O/c1-9(2)10(6-13)7-15(3)8-12(16)14-11-4-5-11/h9-11H,4-8,13H2,1-3H3,(H,14,16). The molecule has 0 spiro atoms. The molecule has 1 unspecified atom stereocenters. The minimum Gasteiger partial charge on any atom is -0.352 e. The Bertz CT molecular complexity index is 226. The fourth-order valence-corrected chi connectivity index (χ4v) is 1.77. The highest BCUT2D eigenvalue weighted by atomic mass is 16.2. The molecule has 1 aliphatic carbocycles. The van der Waals surface area contributed by atoms with Gasteiger partial charge in [-0.3, -0.25) is 9.69 Å². The second-order valence-electron chi connectivity index (χ2n) is 5.28. The SMILES string of the molecule is CC(C)C(CN)CN(C)CC(=O)NC1CC1. The molecule has 0 heterocycles. The lowest BCUT2D eigenvalue weighted by atomic mass is 9.95. The summed E-state index contributed by atoms with van der Waals surface area (Å²) in [6, 6.07) is 0.455. The van der Waals surface area contributed by atoms with Crippen LogP contribution in [0.25, 0.3) is 0 Å². The summed E-state index contributed by atoms with van der Waals surface area (Å²) < 4.78 is 0. The van der Waals surface area contributed by atoms with E-state index in [0.717, 1.165) is 19.4 Å². The Labute approximate surface area is 98.6 Å². The Morgan fingerprint density at radius 2 is 2.12 bits per heavy atom. The van der Waals surface area contributed by atoms with Gasteiger partial charge in [0.25, 0.3) is 0 Å². The average Bonchev–Trinajstić information content (AvgIpc) is 2.97. The lowest BCUT2D eigenvalue weighted by Gasteiger charge is -2.25. The quantitative estimate of drug-likeness (QED) is 0.663. The van der Waals surface area contributed by atoms with Gasteiger partial charge in [0, 0.05) is 12.6 Å². The second kappa shape index (κ2) is 6.21. The Balaban J connectivity index is 2.21. The fraction of sp³-hybridized carbons (Fsp3) is 0.917. The van der Waals surface area contributed by atoms with Gasteiger partial charge in [-0.05, 0) is 38.3 Å². The van der Waals surface area contributed by atoms with Crippen LogP contribution < -0.4 is 11.1 Å². The molecule has 0 saturated heterocycles. The fourth-order valence-electron chi connectivity index (χ4n) is 1.77. The van der Waals surface area contributed by atoms with Gasteiger partial charge in [-0.1, -0.05) is 13.8 Å². The van der Waals surface area contributed by atoms with Gasteiger partial charge in [0.05, 0.1) is 6.54 Å². The van der Waals surface area contributed by atoms with Crippen molar-refractivity contribution >= 4 is 5.91 Å². The molecule has 1 aliphatic rings. The van der Waals surface area contributed by atoms with Gasteiger partial charge < -0.3 is 11.1 Å². The van der Waals surface area contributed by atoms with Crippen molar-refractivity contribution in [2.75, 3.05) is 26.7 Å². The topological polar surface area (TPSA) is 58.4 Å². The number of carbonyl (C=O) groups excluding carboxylic acids is 1. The average molecular weight is 227 g/mol. The Morgan fingerprint density at radius 3 is 2.56 bits per heavy atom. The lowest BCUT2D eigenvalue weighted by molar-refractivity contribution is -0.122. The van der Waals surface area contributed by atoms with E-state index in [1.54, 1.807) is 0 Å². The van der Waals surface area contributed by atoms with Crippen molar-refractivity contribution in [3.05, 3.63) is 0 Å². The van der Waals surface area contributed by atoms with Crippen LogP contribution in [0.15, 0.2) is 0 Å². The summed E-state index contributed by atoms with van der Waals surface area (Å²) in [4.78, 5) is 13.6. The maximum absolute atomic E-state index is 11.6. The monoisotopic (exact) mass is 227 g/mol. The highest BCUT2D eigenvalue weighted by Crippen LogP contribution is 2.18. The van der Waals surface area contributed by atoms with Crippen molar-refractivity contribution in [1.29, 1.82) is 0 Å². The number of carbonyl (C=O) groups is 1. The van der Waals surface area contributed by atoms with Crippen LogP contribution in [0.4, 0.5) is 0 Å². The molecular weight excluding hydrogens is 202 g/mol. The number of nitrogens with one attached hydrogen (secondary N) is 1. The summed E-state index contributed by atoms with van der Waals surface area (Å²) in [5.74, 6) is 1.18. The number of likely N-dealkylation sites (N-methyl/N-ethyl adjacent to an activating group) is 1. The summed E-state index contributed by atoms with van der Waals surface area (Å²) in [5, 5.41) is 2.99. The zero-order valence-electron chi connectivity index (χ0n) is 10.7. The van der Waals surface area contributed by atoms with E-state index in [0.29, 0.717) is 31.0 Å². The third kappa shape index (κ3) is 4.94. The van der Waals surface area contributed by atoms with Crippen molar-refractivity contribution in [3.63, 3.8) is 0 Å². The first-order valence-corrected chi connectivity index (χ1v) is 6.21. The molecule has 1 fully saturated rings. The van der Waals surface area contributed by atoms with E-state index in [1.807, 2.05) is 7.05 Å². The molecule has 3 N–H and O–H groups in total. The molecule has 94 valence electrons. The number of hydrogen-bond acceptors (Lipinski definition) is 3. The van der Waals surface area contributed by atoms with Gasteiger partial charge in [-0.25, -0.2) is 0 Å². The molecule has 0 bridgehead atoms. The van der Waals surface area contributed by atoms with Crippen LogP contribution in [-0.2, 0) is 4.79 Å². The zero-order valence-corrected chi connectivity index (χ0v) is 10.7. The largest absolute Gasteiger partial charge is 0.352 e. The van der Waals surface area contributed by atoms with Crippen molar-refractivity contribution < 1.29 is 4.79 Å². The maximum Gasteiger partial charge on any atom is 0.234 e. The van der Waals surface area contributed by atoms with E-state index >= 15 is 0 Å². The first kappa shape index (κ1) is 13.5. The summed E-state index contributed by atoms with van der Waals surface area (Å²) in [5.41, 5.74) is 5.72. The Kier molecular flexibility index (Phi) is 5.22. The number of rotatable bonds is 7. The number of hydrogen-bond donors (Lipinski definition) is 2. The van der Waals surface area contributed by atoms with Gasteiger partial charge in [-0.15, -0.1) is 0 Å². The highest BCUT2D eigenvalue weighted by Gasteiger charge is 2.24. The van der Waals surface area contributed by atoms with Crippen molar-refractivity contribution in [1.82, 2.24) is 10.2 Å². The summed E-state index contributed by atoms with van der Waals surface area (Å²) in [6.07, 6.45) is 2.29. The Hall–Kier alpha value is -0.610. The normalized spacial score (nSPS) is 17.9. The first-order valence-electron chi connectivity index (χ1n) is 6.21. The third-order valence-corrected chi connectivity index (χ3v) is 3.15. The molecule has 1 atom stereocenters. The van der Waals surface area contributed by atoms with Crippen molar-refractivity contribution in [2.45, 2.75) is 32.7 Å². The number of nitrogens with zero attached hydrogens (tertiary/aromatic N) is 1. The third-order valence-electron chi connectivity index (χ3n) is 3.15. The summed E-state index contributed by atoms with van der Waals surface area (Å²) in [6.45, 7) is 6.42. The van der Waals surface area contributed by atoms with Crippen molar-refractivity contribution in [2.24, 2.45) is 17.6 Å². The molecule has 4 heteroatoms. The van der Waals surface area contributed by atoms with Gasteiger partial charge in [0.1, 0.15) is 0 Å². The predicted molar refractivity (Wildman–Crippen MR) is 66.0 cm³/mol. The molecule has 0 radical (unpaired) electrons. The predicted octanol–water partition coefficient (Wildman–Crippen LogP) is 0.428. The van der Waals surface area contributed by atoms with Crippen LogP contribution in [-0.4, -0.2) is 43.5 Å². The van der Waals surface area contributed by atoms with Gasteiger partial charge >= 0.3 is 0 Å². The van der Waals surface area contributed by atoms with Gasteiger partial charge in [-0.2, -0.15) is 0 Å². The van der Waals surface area contributed by atoms with Gasteiger partial charge in [0.15, 0.2) is 0 Å². The van der Waals surface area contributed by atoms with Crippen LogP contribution in [0.1, 0.15) is 26.7 Å². The molecule has 4 nitrogen and oxygen atoms in total. The molecule has 1 saturated carbocycles. The van der Waals surface area contributed by atoms with Crippen LogP contribution in [0.2, 0.25) is 0 Å². The number of nitrogens with two attached hydrogens (primary N) is 1. The zero-order chi connectivity index (χ0) is 12.1. The minimum atomic E-state index is 0.143. The smallest absolute Gasteiger partial charge is 0.234 e. The lowest BCUT2D eigenvalue weighted by Crippen LogP contribution is -2.40. The van der Waals surface area contributed by atoms with Crippen LogP contribution in [0.3, 0.4) is 0 Å². The Morgan fingerprint density at radius 1 is 1.50 bits per heavy atom. The van der Waals surface area contributed by atoms with Crippen molar-refractivity contribution in [3.8, 4) is 0 Å². The molecule has 0 aromatic heterocycles. The van der Waals surface area contributed by atoms with E-state index in [1.165, 1.54) is 0 Å². The molecule has 16 heavy (non-hydrogen) atoms. The summed E-state index contributed by atoms with van der Waals surface area (Å²) >= 11 is 0. The first-order chi connectivity index (χ1) is 7.52. The number of amides is 1. The van der Waals surface area contributed by atoms with E-state index in [9.17, 15) is 4.79 Å². The van der Waals surface area contributed by atoms with E-state index in [4.69, 9.17) is 5.73 Å². The molecular formula is C12H25N3O. The van der Waals surface area contributed by atoms with E-state index < -0.39 is 0 Å². The second-order valence-corrected chi connectivity index (χ2v) is 5.28. The molecule has 0 aromatic rings. The molecule has 1 rings (SSSR count). The van der Waals surface area contributed by atoms with Gasteiger partial charge in [0.2, 0.25) is 5.91 Å². The van der Waals surface area contributed by atoms with Crippen LogP contribution >= 0.6 is 0 Å². The van der Waals surface area contributed by atoms with E-state index in [-0.39, 0.29) is 5.91 Å². The van der Waals surface area contributed by atoms with Crippen LogP contribution in [0.5, 0.6) is 0 Å². The molecule has 0 aromatic carbocycles. The molecule has 0 aliphatic heterocycles. The summed E-state index contributed by atoms with van der Waals surface area (Å²) in [7, 11) is 1.98. The highest BCUT2D eigenvalue weighted by molar-refractivity contribution is 5.78. The molecule has 1 amide bonds. The van der Waals surface area contributed by atoms with Crippen LogP contribution in [0, 0.1) is 11.8 Å². The van der Waals surface area contributed by atoms with E-state index in [2.05, 4.69) is 24.1 Å². The maximum atomic E-state index is 11.6.